The summed E-state index contributed by atoms with van der Waals surface area (Å²) in [5.74, 6) is -1.19. The van der Waals surface area contributed by atoms with Crippen molar-refractivity contribution in [3.63, 3.8) is 0 Å². The number of carbonyl (C=O) groups excluding carboxylic acids is 1. The predicted molar refractivity (Wildman–Crippen MR) is 109 cm³/mol. The van der Waals surface area contributed by atoms with Crippen molar-refractivity contribution in [3.8, 4) is 0 Å². The average molecular weight is 455 g/mol. The molecule has 0 heterocycles. The van der Waals surface area contributed by atoms with Crippen LogP contribution in [0.5, 0.6) is 0 Å². The lowest BCUT2D eigenvalue weighted by Gasteiger charge is -2.08. The second-order valence-corrected chi connectivity index (χ2v) is 6.09. The van der Waals surface area contributed by atoms with Gasteiger partial charge in [-0.3, -0.25) is 4.79 Å². The number of ether oxygens (including phenoxy) is 8. The van der Waals surface area contributed by atoms with E-state index >= 15 is 0 Å². The minimum Gasteiger partial charge on any atom is -0.480 e. The Kier molecular flexibility index (Phi) is 23.8. The molecular formula is C20H38O11. The molecule has 0 aromatic heterocycles. The lowest BCUT2D eigenvalue weighted by Crippen LogP contribution is -2.15. The molecule has 0 amide bonds. The summed E-state index contributed by atoms with van der Waals surface area (Å²) in [6, 6.07) is 0. The Labute approximate surface area is 184 Å². The van der Waals surface area contributed by atoms with Crippen molar-refractivity contribution in [2.75, 3.05) is 99.1 Å². The molecule has 0 aliphatic rings. The van der Waals surface area contributed by atoms with Crippen LogP contribution in [-0.4, -0.2) is 116 Å². The molecule has 0 saturated carbocycles. The smallest absolute Gasteiger partial charge is 0.329 e. The van der Waals surface area contributed by atoms with Gasteiger partial charge in [0.1, 0.15) is 13.2 Å². The highest BCUT2D eigenvalue weighted by atomic mass is 16.6. The number of hydrogen-bond donors (Lipinski definition) is 1. The second-order valence-electron chi connectivity index (χ2n) is 6.09. The van der Waals surface area contributed by atoms with Gasteiger partial charge in [-0.05, 0) is 6.42 Å². The van der Waals surface area contributed by atoms with E-state index in [1.54, 1.807) is 0 Å². The van der Waals surface area contributed by atoms with Crippen LogP contribution in [0.15, 0.2) is 0 Å². The van der Waals surface area contributed by atoms with Gasteiger partial charge < -0.3 is 43.0 Å². The SMILES string of the molecule is CCCC(=O)OCCOCCOCCOCCOCCOCCOCCOCC(=O)O. The predicted octanol–water partition coefficient (Wildman–Crippen LogP) is 0.531. The maximum atomic E-state index is 11.1. The minimum atomic E-state index is -0.997. The van der Waals surface area contributed by atoms with E-state index in [2.05, 4.69) is 0 Å². The summed E-state index contributed by atoms with van der Waals surface area (Å²) in [4.78, 5) is 21.3. The van der Waals surface area contributed by atoms with Crippen molar-refractivity contribution in [1.82, 2.24) is 0 Å². The number of hydrogen-bond acceptors (Lipinski definition) is 10. The Bertz CT molecular complexity index is 407. The first kappa shape index (κ1) is 29.7. The third-order valence-electron chi connectivity index (χ3n) is 3.40. The second kappa shape index (κ2) is 24.9. The summed E-state index contributed by atoms with van der Waals surface area (Å²) in [5, 5.41) is 8.38. The van der Waals surface area contributed by atoms with Crippen molar-refractivity contribution in [3.05, 3.63) is 0 Å². The molecule has 184 valence electrons. The maximum Gasteiger partial charge on any atom is 0.329 e. The van der Waals surface area contributed by atoms with E-state index < -0.39 is 5.97 Å². The van der Waals surface area contributed by atoms with Gasteiger partial charge in [-0.2, -0.15) is 0 Å². The summed E-state index contributed by atoms with van der Waals surface area (Å²) in [6.45, 7) is 7.39. The Hall–Kier alpha value is -1.34. The summed E-state index contributed by atoms with van der Waals surface area (Å²) in [6.07, 6.45) is 1.22. The maximum absolute atomic E-state index is 11.1. The van der Waals surface area contributed by atoms with Gasteiger partial charge >= 0.3 is 11.9 Å². The molecule has 0 aromatic rings. The van der Waals surface area contributed by atoms with Gasteiger partial charge in [-0.25, -0.2) is 4.79 Å². The van der Waals surface area contributed by atoms with Gasteiger partial charge in [-0.15, -0.1) is 0 Å². The third-order valence-corrected chi connectivity index (χ3v) is 3.40. The summed E-state index contributed by atoms with van der Waals surface area (Å²) >= 11 is 0. The molecule has 0 unspecified atom stereocenters. The van der Waals surface area contributed by atoms with Crippen LogP contribution < -0.4 is 0 Å². The molecule has 31 heavy (non-hydrogen) atoms. The molecule has 11 nitrogen and oxygen atoms in total. The van der Waals surface area contributed by atoms with E-state index in [1.807, 2.05) is 6.92 Å². The molecule has 0 rings (SSSR count). The van der Waals surface area contributed by atoms with Crippen LogP contribution in [0.4, 0.5) is 0 Å². The first-order valence-corrected chi connectivity index (χ1v) is 10.6. The fourth-order valence-corrected chi connectivity index (χ4v) is 1.97. The Morgan fingerprint density at radius 1 is 0.548 bits per heavy atom. The fourth-order valence-electron chi connectivity index (χ4n) is 1.97. The van der Waals surface area contributed by atoms with Crippen LogP contribution in [-0.2, 0) is 47.5 Å². The van der Waals surface area contributed by atoms with Crippen LogP contribution >= 0.6 is 0 Å². The zero-order valence-electron chi connectivity index (χ0n) is 18.6. The average Bonchev–Trinajstić information content (AvgIpc) is 2.74. The van der Waals surface area contributed by atoms with E-state index in [-0.39, 0.29) is 25.8 Å². The van der Waals surface area contributed by atoms with E-state index in [9.17, 15) is 9.59 Å². The molecular weight excluding hydrogens is 416 g/mol. The molecule has 11 heteroatoms. The first-order chi connectivity index (χ1) is 15.2. The molecule has 0 bridgehead atoms. The van der Waals surface area contributed by atoms with E-state index in [0.717, 1.165) is 6.42 Å². The van der Waals surface area contributed by atoms with Crippen molar-refractivity contribution in [2.45, 2.75) is 19.8 Å². The highest BCUT2D eigenvalue weighted by Gasteiger charge is 2.00. The highest BCUT2D eigenvalue weighted by Crippen LogP contribution is 1.91. The molecule has 0 saturated heterocycles. The molecule has 1 N–H and O–H groups in total. The third kappa shape index (κ3) is 26.6. The van der Waals surface area contributed by atoms with E-state index in [4.69, 9.17) is 43.0 Å². The first-order valence-electron chi connectivity index (χ1n) is 10.6. The molecule has 0 fully saturated rings. The fraction of sp³-hybridized carbons (Fsp3) is 0.900. The summed E-state index contributed by atoms with van der Waals surface area (Å²) < 4.78 is 41.7. The van der Waals surface area contributed by atoms with Gasteiger partial charge in [-0.1, -0.05) is 6.92 Å². The van der Waals surface area contributed by atoms with Crippen LogP contribution in [0.25, 0.3) is 0 Å². The molecule has 0 aliphatic carbocycles. The number of esters is 1. The number of aliphatic carboxylic acids is 1. The van der Waals surface area contributed by atoms with E-state index in [0.29, 0.717) is 85.7 Å². The molecule has 0 aliphatic heterocycles. The monoisotopic (exact) mass is 454 g/mol. The molecule has 0 aromatic carbocycles. The summed E-state index contributed by atoms with van der Waals surface area (Å²) in [7, 11) is 0. The van der Waals surface area contributed by atoms with Crippen LogP contribution in [0.1, 0.15) is 19.8 Å². The van der Waals surface area contributed by atoms with Crippen molar-refractivity contribution in [1.29, 1.82) is 0 Å². The minimum absolute atomic E-state index is 0.195. The van der Waals surface area contributed by atoms with Gasteiger partial charge in [0, 0.05) is 6.42 Å². The van der Waals surface area contributed by atoms with E-state index in [1.165, 1.54) is 0 Å². The van der Waals surface area contributed by atoms with Crippen molar-refractivity contribution < 1.29 is 52.6 Å². The number of carbonyl (C=O) groups is 2. The summed E-state index contributed by atoms with van der Waals surface area (Å²) in [5.41, 5.74) is 0. The number of rotatable bonds is 25. The molecule has 0 spiro atoms. The normalized spacial score (nSPS) is 11.0. The van der Waals surface area contributed by atoms with Gasteiger partial charge in [0.15, 0.2) is 0 Å². The van der Waals surface area contributed by atoms with Crippen molar-refractivity contribution in [2.24, 2.45) is 0 Å². The van der Waals surface area contributed by atoms with Crippen LogP contribution in [0.2, 0.25) is 0 Å². The zero-order valence-corrected chi connectivity index (χ0v) is 18.6. The molecule has 0 radical (unpaired) electrons. The van der Waals surface area contributed by atoms with Gasteiger partial charge in [0.05, 0.1) is 85.9 Å². The highest BCUT2D eigenvalue weighted by molar-refractivity contribution is 5.69. The quantitative estimate of drug-likeness (QED) is 0.153. The molecule has 0 atom stereocenters. The number of carboxylic acids is 1. The van der Waals surface area contributed by atoms with Gasteiger partial charge in [0.2, 0.25) is 0 Å². The topological polar surface area (TPSA) is 128 Å². The Morgan fingerprint density at radius 3 is 1.19 bits per heavy atom. The zero-order chi connectivity index (χ0) is 22.8. The Morgan fingerprint density at radius 2 is 0.871 bits per heavy atom. The van der Waals surface area contributed by atoms with Crippen molar-refractivity contribution >= 4 is 11.9 Å². The Balaban J connectivity index is 3.05. The number of carboxylic acid groups (broad SMARTS) is 1. The lowest BCUT2D eigenvalue weighted by molar-refractivity contribution is -0.145. The standard InChI is InChI=1S/C20H38O11/c1-2-3-20(23)31-17-16-29-13-12-27-9-8-25-5-4-24-6-7-26-10-11-28-14-15-30-18-19(21)22/h2-18H2,1H3,(H,21,22). The lowest BCUT2D eigenvalue weighted by atomic mass is 10.3. The van der Waals surface area contributed by atoms with Gasteiger partial charge in [0.25, 0.3) is 0 Å². The largest absolute Gasteiger partial charge is 0.480 e. The van der Waals surface area contributed by atoms with Crippen LogP contribution in [0, 0.1) is 0 Å². The van der Waals surface area contributed by atoms with Crippen LogP contribution in [0.3, 0.4) is 0 Å².